The van der Waals surface area contributed by atoms with Crippen LogP contribution in [0.5, 0.6) is 0 Å². The minimum absolute atomic E-state index is 0.665. The quantitative estimate of drug-likeness (QED) is 0.348. The molecule has 24 heavy (non-hydrogen) atoms. The lowest BCUT2D eigenvalue weighted by atomic mass is 10.0. The van der Waals surface area contributed by atoms with Crippen molar-refractivity contribution in [2.24, 2.45) is 0 Å². The highest BCUT2D eigenvalue weighted by Gasteiger charge is 2.41. The molecule has 0 aromatic rings. The van der Waals surface area contributed by atoms with E-state index in [0.717, 1.165) is 27.7 Å². The second-order valence-corrected chi connectivity index (χ2v) is 4.77. The molecule has 0 N–H and O–H groups in total. The van der Waals surface area contributed by atoms with Crippen LogP contribution in [0.15, 0.2) is 25.3 Å². The van der Waals surface area contributed by atoms with E-state index >= 15 is 0 Å². The van der Waals surface area contributed by atoms with E-state index < -0.39 is 48.3 Å². The van der Waals surface area contributed by atoms with E-state index in [1.54, 1.807) is 0 Å². The van der Waals surface area contributed by atoms with Gasteiger partial charge in [0.1, 0.15) is 0 Å². The first-order valence-corrected chi connectivity index (χ1v) is 7.06. The Kier molecular flexibility index (Phi) is 9.07. The van der Waals surface area contributed by atoms with Gasteiger partial charge in [0, 0.05) is 27.7 Å². The largest absolute Gasteiger partial charge is 0.454 e. The lowest BCUT2D eigenvalue weighted by molar-refractivity contribution is -0.190. The van der Waals surface area contributed by atoms with Crippen LogP contribution in [0.25, 0.3) is 0 Å². The van der Waals surface area contributed by atoms with Crippen LogP contribution in [0.4, 0.5) is 0 Å². The van der Waals surface area contributed by atoms with E-state index in [0.29, 0.717) is 0 Å². The number of hydrogen-bond acceptors (Lipinski definition) is 8. The second kappa shape index (κ2) is 10.2. The summed E-state index contributed by atoms with van der Waals surface area (Å²) in [6.07, 6.45) is -2.41. The molecular formula is C16H22O8. The van der Waals surface area contributed by atoms with Crippen LogP contribution in [0.2, 0.25) is 0 Å². The summed E-state index contributed by atoms with van der Waals surface area (Å²) in [4.78, 5) is 45.3. The van der Waals surface area contributed by atoms with E-state index in [9.17, 15) is 19.2 Å². The maximum Gasteiger partial charge on any atom is 0.303 e. The van der Waals surface area contributed by atoms with Gasteiger partial charge >= 0.3 is 23.9 Å². The first-order valence-electron chi connectivity index (χ1n) is 7.06. The maximum absolute atomic E-state index is 11.4. The van der Waals surface area contributed by atoms with Gasteiger partial charge in [-0.05, 0) is 12.2 Å². The van der Waals surface area contributed by atoms with E-state index in [2.05, 4.69) is 13.2 Å². The van der Waals surface area contributed by atoms with Gasteiger partial charge in [0.15, 0.2) is 24.4 Å². The van der Waals surface area contributed by atoms with Gasteiger partial charge in [0.25, 0.3) is 0 Å². The first kappa shape index (κ1) is 21.4. The summed E-state index contributed by atoms with van der Waals surface area (Å²) in [5.41, 5.74) is 0. The molecule has 0 heterocycles. The van der Waals surface area contributed by atoms with Crippen molar-refractivity contribution in [2.75, 3.05) is 0 Å². The molecule has 0 spiro atoms. The van der Waals surface area contributed by atoms with Crippen molar-refractivity contribution in [3.8, 4) is 0 Å². The molecule has 0 bridgehead atoms. The van der Waals surface area contributed by atoms with Crippen molar-refractivity contribution in [1.29, 1.82) is 0 Å². The van der Waals surface area contributed by atoms with Gasteiger partial charge in [-0.3, -0.25) is 19.2 Å². The highest BCUT2D eigenvalue weighted by Crippen LogP contribution is 2.20. The monoisotopic (exact) mass is 342 g/mol. The molecule has 0 aliphatic heterocycles. The maximum atomic E-state index is 11.4. The number of rotatable bonds is 9. The van der Waals surface area contributed by atoms with E-state index in [1.807, 2.05) is 0 Å². The molecular weight excluding hydrogens is 320 g/mol. The zero-order valence-electron chi connectivity index (χ0n) is 14.1. The number of carbonyl (C=O) groups is 4. The van der Waals surface area contributed by atoms with Gasteiger partial charge in [-0.2, -0.15) is 0 Å². The predicted molar refractivity (Wildman–Crippen MR) is 82.6 cm³/mol. The van der Waals surface area contributed by atoms with E-state index in [-0.39, 0.29) is 0 Å². The van der Waals surface area contributed by atoms with E-state index in [4.69, 9.17) is 18.9 Å². The van der Waals surface area contributed by atoms with Crippen molar-refractivity contribution in [1.82, 2.24) is 0 Å². The molecule has 0 radical (unpaired) electrons. The molecule has 0 fully saturated rings. The number of hydrogen-bond donors (Lipinski definition) is 0. The van der Waals surface area contributed by atoms with Crippen LogP contribution >= 0.6 is 0 Å². The minimum atomic E-state index is -1.28. The van der Waals surface area contributed by atoms with Crippen molar-refractivity contribution in [3.63, 3.8) is 0 Å². The fraction of sp³-hybridized carbons (Fsp3) is 0.500. The summed E-state index contributed by atoms with van der Waals surface area (Å²) >= 11 is 0. The molecule has 8 heteroatoms. The Balaban J connectivity index is 5.83. The SMILES string of the molecule is C=C[C@H](OC(C)=O)[C@H](OC(C)=O)[C@@H](OC(C)=O)[C@@H](C=C)OC(C)=O. The van der Waals surface area contributed by atoms with Crippen molar-refractivity contribution < 1.29 is 38.1 Å². The van der Waals surface area contributed by atoms with Crippen LogP contribution in [0, 0.1) is 0 Å². The number of carbonyl (C=O) groups excluding carboxylic acids is 4. The lowest BCUT2D eigenvalue weighted by Gasteiger charge is -2.33. The zero-order chi connectivity index (χ0) is 18.9. The van der Waals surface area contributed by atoms with Gasteiger partial charge in [-0.1, -0.05) is 13.2 Å². The van der Waals surface area contributed by atoms with Gasteiger partial charge in [-0.25, -0.2) is 0 Å². The summed E-state index contributed by atoms with van der Waals surface area (Å²) in [6, 6.07) is 0. The fourth-order valence-corrected chi connectivity index (χ4v) is 1.91. The Labute approximate surface area is 140 Å². The molecule has 0 unspecified atom stereocenters. The number of ether oxygens (including phenoxy) is 4. The molecule has 0 saturated heterocycles. The van der Waals surface area contributed by atoms with Gasteiger partial charge in [0.05, 0.1) is 0 Å². The first-order chi connectivity index (χ1) is 11.1. The fourth-order valence-electron chi connectivity index (χ4n) is 1.91. The second-order valence-electron chi connectivity index (χ2n) is 4.77. The molecule has 0 aromatic carbocycles. The molecule has 0 aliphatic rings. The molecule has 4 atom stereocenters. The van der Waals surface area contributed by atoms with Gasteiger partial charge < -0.3 is 18.9 Å². The van der Waals surface area contributed by atoms with Crippen molar-refractivity contribution in [2.45, 2.75) is 52.1 Å². The summed E-state index contributed by atoms with van der Waals surface area (Å²) in [7, 11) is 0. The Morgan fingerprint density at radius 3 is 1.04 bits per heavy atom. The smallest absolute Gasteiger partial charge is 0.303 e. The van der Waals surface area contributed by atoms with Crippen molar-refractivity contribution in [3.05, 3.63) is 25.3 Å². The average molecular weight is 342 g/mol. The molecule has 134 valence electrons. The average Bonchev–Trinajstić information content (AvgIpc) is 2.45. The topological polar surface area (TPSA) is 105 Å². The predicted octanol–water partition coefficient (Wildman–Crippen LogP) is 1.09. The Bertz CT molecular complexity index is 464. The Morgan fingerprint density at radius 1 is 0.625 bits per heavy atom. The third-order valence-corrected chi connectivity index (χ3v) is 2.64. The molecule has 0 saturated carbocycles. The third kappa shape index (κ3) is 7.57. The highest BCUT2D eigenvalue weighted by molar-refractivity contribution is 5.69. The number of esters is 4. The molecule has 0 rings (SSSR count). The van der Waals surface area contributed by atoms with E-state index in [1.165, 1.54) is 12.2 Å². The molecule has 8 nitrogen and oxygen atoms in total. The molecule has 0 aromatic heterocycles. The summed E-state index contributed by atoms with van der Waals surface area (Å²) in [5, 5.41) is 0. The van der Waals surface area contributed by atoms with Gasteiger partial charge in [-0.15, -0.1) is 0 Å². The summed E-state index contributed by atoms with van der Waals surface area (Å²) in [6.45, 7) is 11.6. The zero-order valence-corrected chi connectivity index (χ0v) is 14.1. The standard InChI is InChI=1S/C16H22O8/c1-7-13(21-9(3)17)15(23-11(5)19)16(24-12(6)20)14(8-2)22-10(4)18/h7-8,13-16H,1-2H2,3-6H3/t13-,14+,15-,16-/m0/s1. The third-order valence-electron chi connectivity index (χ3n) is 2.64. The normalized spacial score (nSPS) is 15.0. The van der Waals surface area contributed by atoms with Crippen LogP contribution in [-0.2, 0) is 38.1 Å². The van der Waals surface area contributed by atoms with Crippen LogP contribution in [0.3, 0.4) is 0 Å². The Hall–Kier alpha value is -2.64. The highest BCUT2D eigenvalue weighted by atomic mass is 16.6. The van der Waals surface area contributed by atoms with Crippen LogP contribution in [0.1, 0.15) is 27.7 Å². The van der Waals surface area contributed by atoms with Gasteiger partial charge in [0.2, 0.25) is 0 Å². The minimum Gasteiger partial charge on any atom is -0.454 e. The summed E-state index contributed by atoms with van der Waals surface area (Å²) < 4.78 is 20.3. The van der Waals surface area contributed by atoms with Crippen molar-refractivity contribution >= 4 is 23.9 Å². The summed E-state index contributed by atoms with van der Waals surface area (Å²) in [5.74, 6) is -2.77. The molecule has 0 amide bonds. The van der Waals surface area contributed by atoms with Crippen LogP contribution in [-0.4, -0.2) is 48.3 Å². The molecule has 0 aliphatic carbocycles. The lowest BCUT2D eigenvalue weighted by Crippen LogP contribution is -2.50. The van der Waals surface area contributed by atoms with Crippen LogP contribution < -0.4 is 0 Å². The Morgan fingerprint density at radius 2 is 0.875 bits per heavy atom.